The summed E-state index contributed by atoms with van der Waals surface area (Å²) < 4.78 is 5.48. The van der Waals surface area contributed by atoms with Gasteiger partial charge < -0.3 is 20.3 Å². The van der Waals surface area contributed by atoms with E-state index in [0.717, 1.165) is 51.4 Å². The normalized spacial score (nSPS) is 13.0. The van der Waals surface area contributed by atoms with Crippen LogP contribution in [0.3, 0.4) is 0 Å². The van der Waals surface area contributed by atoms with Crippen LogP contribution in [0, 0.1) is 0 Å². The Morgan fingerprint density at radius 1 is 0.418 bits per heavy atom. The van der Waals surface area contributed by atoms with E-state index in [-0.39, 0.29) is 18.5 Å². The molecule has 0 fully saturated rings. The van der Waals surface area contributed by atoms with Crippen LogP contribution in [-0.2, 0) is 14.3 Å². The van der Waals surface area contributed by atoms with Crippen LogP contribution in [0.4, 0.5) is 0 Å². The van der Waals surface area contributed by atoms with Crippen molar-refractivity contribution in [2.45, 2.75) is 315 Å². The fourth-order valence-corrected chi connectivity index (χ4v) is 8.78. The molecule has 0 heterocycles. The highest BCUT2D eigenvalue weighted by Crippen LogP contribution is 2.16. The Labute approximate surface area is 416 Å². The van der Waals surface area contributed by atoms with Crippen LogP contribution in [0.2, 0.25) is 0 Å². The third-order valence-corrected chi connectivity index (χ3v) is 13.3. The van der Waals surface area contributed by atoms with Gasteiger partial charge in [0.1, 0.15) is 0 Å². The average molecular weight is 941 g/mol. The quantitative estimate of drug-likeness (QED) is 0.0321. The summed E-state index contributed by atoms with van der Waals surface area (Å²) in [5.41, 5.74) is 0. The smallest absolute Gasteiger partial charge is 0.305 e. The molecule has 3 N–H and O–H groups in total. The maximum absolute atomic E-state index is 12.4. The molecule has 0 aromatic rings. The Bertz CT molecular complexity index is 1130. The van der Waals surface area contributed by atoms with Gasteiger partial charge in [0.15, 0.2) is 0 Å². The molecule has 6 heteroatoms. The minimum atomic E-state index is -0.844. The Morgan fingerprint density at radius 2 is 0.746 bits per heavy atom. The van der Waals surface area contributed by atoms with E-state index in [1.165, 1.54) is 225 Å². The number of allylic oxidation sites excluding steroid dienone is 7. The van der Waals surface area contributed by atoms with Gasteiger partial charge in [-0.05, 0) is 89.9 Å². The first kappa shape index (κ1) is 64.8. The molecule has 2 unspecified atom stereocenters. The van der Waals surface area contributed by atoms with Gasteiger partial charge in [-0.1, -0.05) is 249 Å². The number of hydrogen-bond acceptors (Lipinski definition) is 5. The second-order valence-corrected chi connectivity index (χ2v) is 20.0. The van der Waals surface area contributed by atoms with E-state index in [9.17, 15) is 19.8 Å². The fraction of sp³-hybridized carbons (Fsp3) is 0.836. The van der Waals surface area contributed by atoms with Crippen LogP contribution < -0.4 is 5.32 Å². The summed E-state index contributed by atoms with van der Waals surface area (Å²) in [6, 6.07) is -0.628. The zero-order valence-electron chi connectivity index (χ0n) is 44.6. The summed E-state index contributed by atoms with van der Waals surface area (Å²) in [6.07, 6.45) is 71.5. The van der Waals surface area contributed by atoms with Crippen molar-refractivity contribution in [1.82, 2.24) is 5.32 Å². The lowest BCUT2D eigenvalue weighted by Gasteiger charge is -2.20. The maximum atomic E-state index is 12.4. The number of rotatable bonds is 54. The van der Waals surface area contributed by atoms with Crippen LogP contribution in [0.1, 0.15) is 303 Å². The lowest BCUT2D eigenvalue weighted by molar-refractivity contribution is -0.143. The predicted octanol–water partition coefficient (Wildman–Crippen LogP) is 18.2. The topological polar surface area (TPSA) is 95.9 Å². The summed E-state index contributed by atoms with van der Waals surface area (Å²) in [6.45, 7) is 4.85. The van der Waals surface area contributed by atoms with Crippen molar-refractivity contribution in [2.24, 2.45) is 0 Å². The number of hydrogen-bond donors (Lipinski definition) is 3. The van der Waals surface area contributed by atoms with Crippen molar-refractivity contribution in [2.75, 3.05) is 13.2 Å². The predicted molar refractivity (Wildman–Crippen MR) is 292 cm³/mol. The summed E-state index contributed by atoms with van der Waals surface area (Å²) in [7, 11) is 0. The van der Waals surface area contributed by atoms with Crippen molar-refractivity contribution >= 4 is 11.9 Å². The first-order valence-electron chi connectivity index (χ1n) is 29.4. The fourth-order valence-electron chi connectivity index (χ4n) is 8.78. The Kier molecular flexibility index (Phi) is 54.6. The van der Waals surface area contributed by atoms with E-state index in [1.807, 2.05) is 6.08 Å². The number of nitrogens with one attached hydrogen (secondary N) is 1. The number of esters is 1. The maximum Gasteiger partial charge on any atom is 0.305 e. The molecule has 0 saturated carbocycles. The van der Waals surface area contributed by atoms with Crippen molar-refractivity contribution in [3.05, 3.63) is 48.6 Å². The molecule has 0 bridgehead atoms. The van der Waals surface area contributed by atoms with Gasteiger partial charge in [-0.3, -0.25) is 9.59 Å². The van der Waals surface area contributed by atoms with E-state index >= 15 is 0 Å². The second-order valence-electron chi connectivity index (χ2n) is 20.0. The van der Waals surface area contributed by atoms with Crippen molar-refractivity contribution in [1.29, 1.82) is 0 Å². The molecule has 1 amide bonds. The molecular weight excluding hydrogens is 827 g/mol. The summed E-state index contributed by atoms with van der Waals surface area (Å²) in [4.78, 5) is 24.4. The number of carbonyl (C=O) groups is 2. The van der Waals surface area contributed by atoms with Crippen molar-refractivity contribution in [3.63, 3.8) is 0 Å². The third kappa shape index (κ3) is 53.0. The standard InChI is InChI=1S/C61H113NO5/c1-3-5-7-9-11-13-14-15-16-29-32-35-39-43-47-51-55-61(66)67-56-52-48-44-40-36-33-30-27-25-23-21-19-17-18-20-22-24-26-28-31-34-38-42-46-50-54-60(65)62-58(57-63)59(64)53-49-45-41-37-12-10-8-6-4-2/h13-14,16,18,20,29,49,53,58-59,63-64H,3-12,15,17,19,21-28,30-48,50-52,54-57H2,1-2H3,(H,62,65)/b14-13-,20-18-,29-16-,53-49+. The van der Waals surface area contributed by atoms with Crippen LogP contribution in [0.5, 0.6) is 0 Å². The van der Waals surface area contributed by atoms with E-state index in [4.69, 9.17) is 4.74 Å². The summed E-state index contributed by atoms with van der Waals surface area (Å²) >= 11 is 0. The molecule has 0 radical (unpaired) electrons. The van der Waals surface area contributed by atoms with Gasteiger partial charge in [-0.2, -0.15) is 0 Å². The first-order chi connectivity index (χ1) is 33.0. The zero-order chi connectivity index (χ0) is 48.6. The van der Waals surface area contributed by atoms with Gasteiger partial charge >= 0.3 is 5.97 Å². The number of aliphatic hydroxyl groups excluding tert-OH is 2. The van der Waals surface area contributed by atoms with E-state index < -0.39 is 12.1 Å². The molecule has 67 heavy (non-hydrogen) atoms. The molecule has 2 atom stereocenters. The molecule has 6 nitrogen and oxygen atoms in total. The van der Waals surface area contributed by atoms with Crippen LogP contribution in [0.15, 0.2) is 48.6 Å². The summed E-state index contributed by atoms with van der Waals surface area (Å²) in [5, 5.41) is 22.9. The van der Waals surface area contributed by atoms with Gasteiger partial charge in [0, 0.05) is 12.8 Å². The molecule has 0 aliphatic rings. The highest BCUT2D eigenvalue weighted by Gasteiger charge is 2.18. The monoisotopic (exact) mass is 940 g/mol. The van der Waals surface area contributed by atoms with Crippen LogP contribution in [-0.4, -0.2) is 47.4 Å². The highest BCUT2D eigenvalue weighted by molar-refractivity contribution is 5.76. The zero-order valence-corrected chi connectivity index (χ0v) is 44.6. The number of amides is 1. The Balaban J connectivity index is 3.39. The molecule has 392 valence electrons. The summed E-state index contributed by atoms with van der Waals surface area (Å²) in [5.74, 6) is -0.0755. The second kappa shape index (κ2) is 56.4. The van der Waals surface area contributed by atoms with Gasteiger partial charge in [-0.15, -0.1) is 0 Å². The van der Waals surface area contributed by atoms with E-state index in [2.05, 4.69) is 55.6 Å². The molecular formula is C61H113NO5. The van der Waals surface area contributed by atoms with Gasteiger partial charge in [0.25, 0.3) is 0 Å². The van der Waals surface area contributed by atoms with Crippen LogP contribution in [0.25, 0.3) is 0 Å². The lowest BCUT2D eigenvalue weighted by atomic mass is 10.0. The molecule has 0 aliphatic heterocycles. The number of aliphatic hydroxyl groups is 2. The largest absolute Gasteiger partial charge is 0.466 e. The number of ether oxygens (including phenoxy) is 1. The SMILES string of the molecule is CCCCCC/C=C\C/C=C\CCCCCCCC(=O)OCCCCCCCCCCCCCC/C=C\CCCCCCCCCCCC(=O)NC(CO)C(O)/C=C/CCCCCCCCC. The van der Waals surface area contributed by atoms with Gasteiger partial charge in [0.05, 0.1) is 25.4 Å². The molecule has 0 saturated heterocycles. The van der Waals surface area contributed by atoms with Crippen LogP contribution >= 0.6 is 0 Å². The van der Waals surface area contributed by atoms with Crippen molar-refractivity contribution < 1.29 is 24.5 Å². The van der Waals surface area contributed by atoms with E-state index in [0.29, 0.717) is 19.4 Å². The van der Waals surface area contributed by atoms with Crippen molar-refractivity contribution in [3.8, 4) is 0 Å². The minimum Gasteiger partial charge on any atom is -0.466 e. The molecule has 0 aromatic heterocycles. The highest BCUT2D eigenvalue weighted by atomic mass is 16.5. The molecule has 0 spiro atoms. The van der Waals surface area contributed by atoms with Gasteiger partial charge in [0.2, 0.25) is 5.91 Å². The Hall–Kier alpha value is -2.18. The lowest BCUT2D eigenvalue weighted by Crippen LogP contribution is -2.45. The molecule has 0 aliphatic carbocycles. The van der Waals surface area contributed by atoms with E-state index in [1.54, 1.807) is 6.08 Å². The third-order valence-electron chi connectivity index (χ3n) is 13.3. The molecule has 0 aromatic carbocycles. The Morgan fingerprint density at radius 3 is 1.16 bits per heavy atom. The number of carbonyl (C=O) groups excluding carboxylic acids is 2. The minimum absolute atomic E-state index is 0.00114. The number of unbranched alkanes of at least 4 members (excludes halogenated alkanes) is 37. The first-order valence-corrected chi connectivity index (χ1v) is 29.4. The average Bonchev–Trinajstić information content (AvgIpc) is 3.33. The van der Waals surface area contributed by atoms with Gasteiger partial charge in [-0.25, -0.2) is 0 Å². The molecule has 0 rings (SSSR count).